The van der Waals surface area contributed by atoms with E-state index in [0.717, 1.165) is 25.2 Å². The van der Waals surface area contributed by atoms with E-state index in [9.17, 15) is 0 Å². The average molecular weight is 300 g/mol. The molecule has 0 radical (unpaired) electrons. The molecule has 22 heavy (non-hydrogen) atoms. The van der Waals surface area contributed by atoms with Crippen LogP contribution >= 0.6 is 0 Å². The fraction of sp³-hybridized carbons (Fsp3) is 0.500. The van der Waals surface area contributed by atoms with Gasteiger partial charge < -0.3 is 15.1 Å². The van der Waals surface area contributed by atoms with Crippen molar-refractivity contribution in [2.75, 3.05) is 45.1 Å². The van der Waals surface area contributed by atoms with Gasteiger partial charge in [-0.2, -0.15) is 0 Å². The number of hydrogen-bond acceptors (Lipinski definition) is 4. The fourth-order valence-corrected chi connectivity index (χ4v) is 2.63. The third kappa shape index (κ3) is 6.00. The first-order valence-electron chi connectivity index (χ1n) is 8.14. The number of allylic oxidation sites excluding steroid dienone is 1. The Hall–Kier alpha value is -1.65. The number of pyridine rings is 1. The minimum atomic E-state index is 0.572. The monoisotopic (exact) mass is 300 g/mol. The molecule has 2 rings (SSSR count). The number of piperazine rings is 1. The maximum Gasteiger partial charge on any atom is 0.129 e. The number of hydrogen-bond donors (Lipinski definition) is 1. The Morgan fingerprint density at radius 2 is 2.14 bits per heavy atom. The number of anilines is 1. The van der Waals surface area contributed by atoms with E-state index in [4.69, 9.17) is 0 Å². The zero-order valence-corrected chi connectivity index (χ0v) is 13.6. The standard InChI is InChI=1S/C18H28N4/c1-3-17(16-22-14-12-21(2)13-15-22)8-4-6-10-19-18-9-5-7-11-20-18/h3,5-7,9-11,17H,1,4,8,12-16H2,2H3,(H,19,20)/b10-6+. The highest BCUT2D eigenvalue weighted by atomic mass is 15.2. The van der Waals surface area contributed by atoms with Crippen molar-refractivity contribution in [2.24, 2.45) is 5.92 Å². The van der Waals surface area contributed by atoms with Gasteiger partial charge in [0.15, 0.2) is 0 Å². The summed E-state index contributed by atoms with van der Waals surface area (Å²) in [6.07, 6.45) is 10.3. The van der Waals surface area contributed by atoms with Gasteiger partial charge in [0.1, 0.15) is 5.82 Å². The van der Waals surface area contributed by atoms with Crippen molar-refractivity contribution in [2.45, 2.75) is 12.8 Å². The summed E-state index contributed by atoms with van der Waals surface area (Å²) in [5, 5.41) is 3.19. The van der Waals surface area contributed by atoms with Crippen molar-refractivity contribution < 1.29 is 0 Å². The molecule has 1 saturated heterocycles. The zero-order chi connectivity index (χ0) is 15.6. The molecule has 1 unspecified atom stereocenters. The van der Waals surface area contributed by atoms with Gasteiger partial charge in [-0.25, -0.2) is 4.98 Å². The summed E-state index contributed by atoms with van der Waals surface area (Å²) in [5.41, 5.74) is 0. The molecule has 0 aromatic carbocycles. The summed E-state index contributed by atoms with van der Waals surface area (Å²) in [6.45, 7) is 9.85. The first-order chi connectivity index (χ1) is 10.8. The van der Waals surface area contributed by atoms with Crippen LogP contribution < -0.4 is 5.32 Å². The second-order valence-electron chi connectivity index (χ2n) is 5.94. The predicted octanol–water partition coefficient (Wildman–Crippen LogP) is 2.84. The van der Waals surface area contributed by atoms with Crippen LogP contribution in [0.15, 0.2) is 49.3 Å². The van der Waals surface area contributed by atoms with Gasteiger partial charge in [0.05, 0.1) is 0 Å². The molecule has 2 heterocycles. The van der Waals surface area contributed by atoms with Gasteiger partial charge in [0, 0.05) is 38.9 Å². The summed E-state index contributed by atoms with van der Waals surface area (Å²) in [7, 11) is 2.20. The van der Waals surface area contributed by atoms with Crippen molar-refractivity contribution in [3.05, 3.63) is 49.3 Å². The molecule has 0 bridgehead atoms. The molecular weight excluding hydrogens is 272 g/mol. The SMILES string of the molecule is C=CC(CC/C=C/Nc1ccccn1)CN1CCN(C)CC1. The van der Waals surface area contributed by atoms with Crippen LogP contribution in [0.1, 0.15) is 12.8 Å². The second kappa shape index (κ2) is 9.38. The van der Waals surface area contributed by atoms with Crippen LogP contribution in [0.5, 0.6) is 0 Å². The van der Waals surface area contributed by atoms with Gasteiger partial charge in [-0.15, -0.1) is 6.58 Å². The van der Waals surface area contributed by atoms with E-state index in [1.165, 1.54) is 26.2 Å². The van der Waals surface area contributed by atoms with Gasteiger partial charge in [-0.05, 0) is 44.1 Å². The van der Waals surface area contributed by atoms with E-state index in [1.807, 2.05) is 24.4 Å². The molecule has 4 heteroatoms. The van der Waals surface area contributed by atoms with Crippen LogP contribution in [0, 0.1) is 5.92 Å². The van der Waals surface area contributed by atoms with Crippen molar-refractivity contribution in [3.8, 4) is 0 Å². The maximum atomic E-state index is 4.22. The number of nitrogens with one attached hydrogen (secondary N) is 1. The van der Waals surface area contributed by atoms with E-state index in [1.54, 1.807) is 6.20 Å². The zero-order valence-electron chi connectivity index (χ0n) is 13.6. The van der Waals surface area contributed by atoms with Crippen LogP contribution in [0.3, 0.4) is 0 Å². The molecule has 0 amide bonds. The van der Waals surface area contributed by atoms with Crippen molar-refractivity contribution in [1.82, 2.24) is 14.8 Å². The van der Waals surface area contributed by atoms with Crippen molar-refractivity contribution >= 4 is 5.82 Å². The van der Waals surface area contributed by atoms with Gasteiger partial charge in [0.25, 0.3) is 0 Å². The summed E-state index contributed by atoms with van der Waals surface area (Å²) in [6, 6.07) is 5.86. The predicted molar refractivity (Wildman–Crippen MR) is 93.9 cm³/mol. The Balaban J connectivity index is 1.64. The maximum absolute atomic E-state index is 4.22. The molecule has 1 atom stereocenters. The lowest BCUT2D eigenvalue weighted by atomic mass is 10.0. The number of likely N-dealkylation sites (N-methyl/N-ethyl adjacent to an activating group) is 1. The highest BCUT2D eigenvalue weighted by Crippen LogP contribution is 2.12. The van der Waals surface area contributed by atoms with E-state index in [-0.39, 0.29) is 0 Å². The van der Waals surface area contributed by atoms with E-state index < -0.39 is 0 Å². The van der Waals surface area contributed by atoms with Crippen LogP contribution in [-0.4, -0.2) is 54.6 Å². The highest BCUT2D eigenvalue weighted by Gasteiger charge is 2.16. The molecule has 1 aliphatic heterocycles. The van der Waals surface area contributed by atoms with Gasteiger partial charge in [0.2, 0.25) is 0 Å². The number of aromatic nitrogens is 1. The summed E-state index contributed by atoms with van der Waals surface area (Å²) < 4.78 is 0. The van der Waals surface area contributed by atoms with Crippen LogP contribution in [0.2, 0.25) is 0 Å². The summed E-state index contributed by atoms with van der Waals surface area (Å²) in [4.78, 5) is 9.17. The normalized spacial score (nSPS) is 18.4. The molecule has 1 aromatic heterocycles. The minimum Gasteiger partial charge on any atom is -0.347 e. The van der Waals surface area contributed by atoms with E-state index >= 15 is 0 Å². The molecule has 1 aromatic rings. The van der Waals surface area contributed by atoms with Crippen molar-refractivity contribution in [1.29, 1.82) is 0 Å². The largest absolute Gasteiger partial charge is 0.347 e. The fourth-order valence-electron chi connectivity index (χ4n) is 2.63. The van der Waals surface area contributed by atoms with Gasteiger partial charge in [-0.1, -0.05) is 18.2 Å². The first-order valence-corrected chi connectivity index (χ1v) is 8.14. The highest BCUT2D eigenvalue weighted by molar-refractivity contribution is 5.36. The first kappa shape index (κ1) is 16.7. The molecular formula is C18H28N4. The Morgan fingerprint density at radius 1 is 1.32 bits per heavy atom. The van der Waals surface area contributed by atoms with Crippen LogP contribution in [0.25, 0.3) is 0 Å². The molecule has 1 N–H and O–H groups in total. The Kier molecular flexibility index (Phi) is 7.13. The Bertz CT molecular complexity index is 449. The lowest BCUT2D eigenvalue weighted by Crippen LogP contribution is -2.45. The topological polar surface area (TPSA) is 31.4 Å². The number of rotatable bonds is 8. The molecule has 0 spiro atoms. The lowest BCUT2D eigenvalue weighted by molar-refractivity contribution is 0.142. The molecule has 4 nitrogen and oxygen atoms in total. The third-order valence-electron chi connectivity index (χ3n) is 4.14. The minimum absolute atomic E-state index is 0.572. The third-order valence-corrected chi connectivity index (χ3v) is 4.14. The molecule has 1 aliphatic rings. The molecule has 0 saturated carbocycles. The Morgan fingerprint density at radius 3 is 2.82 bits per heavy atom. The van der Waals surface area contributed by atoms with Crippen molar-refractivity contribution in [3.63, 3.8) is 0 Å². The van der Waals surface area contributed by atoms with Gasteiger partial charge >= 0.3 is 0 Å². The Labute approximate surface area is 134 Å². The molecule has 1 fully saturated rings. The van der Waals surface area contributed by atoms with E-state index in [0.29, 0.717) is 5.92 Å². The quantitative estimate of drug-likeness (QED) is 0.748. The van der Waals surface area contributed by atoms with Crippen LogP contribution in [-0.2, 0) is 0 Å². The smallest absolute Gasteiger partial charge is 0.129 e. The lowest BCUT2D eigenvalue weighted by Gasteiger charge is -2.34. The van der Waals surface area contributed by atoms with E-state index in [2.05, 4.69) is 45.9 Å². The number of nitrogens with zero attached hydrogens (tertiary/aromatic N) is 3. The van der Waals surface area contributed by atoms with Gasteiger partial charge in [-0.3, -0.25) is 0 Å². The molecule has 120 valence electrons. The summed E-state index contributed by atoms with van der Waals surface area (Å²) >= 11 is 0. The average Bonchev–Trinajstić information content (AvgIpc) is 2.56. The summed E-state index contributed by atoms with van der Waals surface area (Å²) in [5.74, 6) is 1.46. The second-order valence-corrected chi connectivity index (χ2v) is 5.94. The molecule has 0 aliphatic carbocycles. The van der Waals surface area contributed by atoms with Crippen LogP contribution in [0.4, 0.5) is 5.82 Å².